The van der Waals surface area contributed by atoms with Gasteiger partial charge in [0.2, 0.25) is 0 Å². The highest BCUT2D eigenvalue weighted by atomic mass is 35.5. The summed E-state index contributed by atoms with van der Waals surface area (Å²) in [5, 5.41) is 3.53. The Morgan fingerprint density at radius 2 is 1.73 bits per heavy atom. The summed E-state index contributed by atoms with van der Waals surface area (Å²) < 4.78 is 0. The van der Waals surface area contributed by atoms with Crippen LogP contribution in [-0.2, 0) is 6.54 Å². The average Bonchev–Trinajstić information content (AvgIpc) is 3.41. The number of aromatic nitrogens is 1. The Bertz CT molecular complexity index is 1160. The van der Waals surface area contributed by atoms with Gasteiger partial charge in [-0.05, 0) is 91.1 Å². The molecular weight excluding hydrogens is 486 g/mol. The molecule has 0 atom stereocenters. The van der Waals surface area contributed by atoms with E-state index in [1.807, 2.05) is 19.9 Å². The molecule has 1 aromatic heterocycles. The number of carbonyl (C=O) groups is 1. The summed E-state index contributed by atoms with van der Waals surface area (Å²) in [7, 11) is 4.32. The lowest BCUT2D eigenvalue weighted by molar-refractivity contribution is 0.0950. The molecule has 1 amide bonds. The molecule has 7 nitrogen and oxygen atoms in total. The summed E-state index contributed by atoms with van der Waals surface area (Å²) in [4.78, 5) is 36.5. The molecule has 1 aromatic carbocycles. The predicted molar refractivity (Wildman–Crippen MR) is 153 cm³/mol. The van der Waals surface area contributed by atoms with E-state index in [2.05, 4.69) is 46.0 Å². The number of aryl methyl sites for hydroxylation is 1. The molecule has 2 aliphatic rings. The molecule has 2 N–H and O–H groups in total. The van der Waals surface area contributed by atoms with Gasteiger partial charge in [0.05, 0.1) is 0 Å². The van der Waals surface area contributed by atoms with E-state index in [1.165, 1.54) is 12.8 Å². The standard InChI is InChI=1S/C29H42ClN5O2/c1-6-35(23-11-9-22(10-12-23)33(4)5)26-16-21(30)15-24(19(26)2)29(37)31-18-25-20(3)32-28(17-27(25)36)34-13-7-8-14-34/h15-17,22-23H,6-14,18H2,1-5H3,(H,31,37)(H,32,36)/t22-,23-. The van der Waals surface area contributed by atoms with Crippen LogP contribution >= 0.6 is 11.6 Å². The maximum Gasteiger partial charge on any atom is 0.251 e. The number of amides is 1. The van der Waals surface area contributed by atoms with Crippen molar-refractivity contribution in [3.8, 4) is 0 Å². The van der Waals surface area contributed by atoms with Crippen LogP contribution in [0.1, 0.15) is 72.6 Å². The molecule has 1 saturated carbocycles. The number of halogens is 1. The van der Waals surface area contributed by atoms with Crippen molar-refractivity contribution in [1.29, 1.82) is 0 Å². The van der Waals surface area contributed by atoms with Gasteiger partial charge in [-0.3, -0.25) is 9.59 Å². The Kier molecular flexibility index (Phi) is 8.86. The lowest BCUT2D eigenvalue weighted by Gasteiger charge is -2.40. The van der Waals surface area contributed by atoms with Crippen molar-refractivity contribution in [1.82, 2.24) is 15.2 Å². The monoisotopic (exact) mass is 527 g/mol. The quantitative estimate of drug-likeness (QED) is 0.512. The van der Waals surface area contributed by atoms with Crippen molar-refractivity contribution in [3.05, 3.63) is 55.8 Å². The molecule has 0 bridgehead atoms. The minimum absolute atomic E-state index is 0.0487. The van der Waals surface area contributed by atoms with Crippen molar-refractivity contribution in [2.75, 3.05) is 43.5 Å². The summed E-state index contributed by atoms with van der Waals surface area (Å²) in [6.07, 6.45) is 6.88. The van der Waals surface area contributed by atoms with E-state index in [9.17, 15) is 9.59 Å². The van der Waals surface area contributed by atoms with Gasteiger partial charge < -0.3 is 25.0 Å². The number of benzene rings is 1. The third kappa shape index (κ3) is 6.15. The van der Waals surface area contributed by atoms with E-state index in [1.54, 1.807) is 12.1 Å². The second-order valence-electron chi connectivity index (χ2n) is 10.8. The van der Waals surface area contributed by atoms with Crippen LogP contribution in [-0.4, -0.2) is 61.6 Å². The Morgan fingerprint density at radius 3 is 2.32 bits per heavy atom. The normalized spacial score (nSPS) is 19.9. The highest BCUT2D eigenvalue weighted by molar-refractivity contribution is 6.31. The predicted octanol–water partition coefficient (Wildman–Crippen LogP) is 4.87. The molecule has 2 heterocycles. The zero-order valence-electron chi connectivity index (χ0n) is 23.0. The SMILES string of the molecule is CCN(c1cc(Cl)cc(C(=O)NCc2c(C)[nH]c(N3CCCC3)cc2=O)c1C)[C@H]1CC[C@H](N(C)C)CC1. The molecule has 1 saturated heterocycles. The lowest BCUT2D eigenvalue weighted by Crippen LogP contribution is -2.42. The Morgan fingerprint density at radius 1 is 1.08 bits per heavy atom. The molecule has 202 valence electrons. The molecule has 4 rings (SSSR count). The second kappa shape index (κ2) is 11.9. The fourth-order valence-electron chi connectivity index (χ4n) is 6.02. The van der Waals surface area contributed by atoms with Gasteiger partial charge in [0.15, 0.2) is 5.43 Å². The van der Waals surface area contributed by atoms with E-state index in [4.69, 9.17) is 11.6 Å². The third-order valence-electron chi connectivity index (χ3n) is 8.28. The molecular formula is C29H42ClN5O2. The molecule has 2 fully saturated rings. The van der Waals surface area contributed by atoms with E-state index in [0.717, 1.165) is 68.1 Å². The zero-order chi connectivity index (χ0) is 26.7. The highest BCUT2D eigenvalue weighted by Gasteiger charge is 2.28. The maximum atomic E-state index is 13.3. The van der Waals surface area contributed by atoms with Crippen LogP contribution in [0.2, 0.25) is 5.02 Å². The Hall–Kier alpha value is -2.51. The summed E-state index contributed by atoms with van der Waals surface area (Å²) in [5.41, 5.74) is 3.84. The van der Waals surface area contributed by atoms with Crippen LogP contribution < -0.4 is 20.5 Å². The van der Waals surface area contributed by atoms with Gasteiger partial charge in [0.1, 0.15) is 5.82 Å². The van der Waals surface area contributed by atoms with Crippen LogP contribution in [0, 0.1) is 13.8 Å². The summed E-state index contributed by atoms with van der Waals surface area (Å²) in [5.74, 6) is 0.653. The minimum atomic E-state index is -0.212. The van der Waals surface area contributed by atoms with Crippen LogP contribution in [0.3, 0.4) is 0 Å². The van der Waals surface area contributed by atoms with Crippen LogP contribution in [0.15, 0.2) is 23.0 Å². The summed E-state index contributed by atoms with van der Waals surface area (Å²) in [6.45, 7) is 9.03. The largest absolute Gasteiger partial charge is 0.369 e. The number of aromatic amines is 1. The van der Waals surface area contributed by atoms with Gasteiger partial charge in [0.25, 0.3) is 5.91 Å². The van der Waals surface area contributed by atoms with Gasteiger partial charge in [-0.15, -0.1) is 0 Å². The van der Waals surface area contributed by atoms with Crippen LogP contribution in [0.4, 0.5) is 11.5 Å². The number of anilines is 2. The van der Waals surface area contributed by atoms with Crippen molar-refractivity contribution in [2.24, 2.45) is 0 Å². The van der Waals surface area contributed by atoms with Gasteiger partial charge in [0, 0.05) is 71.9 Å². The Balaban J connectivity index is 1.50. The maximum absolute atomic E-state index is 13.3. The number of H-pyrrole nitrogens is 1. The van der Waals surface area contributed by atoms with Crippen LogP contribution in [0.5, 0.6) is 0 Å². The second-order valence-corrected chi connectivity index (χ2v) is 11.2. The van der Waals surface area contributed by atoms with Gasteiger partial charge >= 0.3 is 0 Å². The average molecular weight is 528 g/mol. The number of hydrogen-bond acceptors (Lipinski definition) is 5. The topological polar surface area (TPSA) is 71.7 Å². The van der Waals surface area contributed by atoms with Gasteiger partial charge in [-0.1, -0.05) is 11.6 Å². The molecule has 8 heteroatoms. The van der Waals surface area contributed by atoms with E-state index >= 15 is 0 Å². The summed E-state index contributed by atoms with van der Waals surface area (Å²) in [6, 6.07) is 6.45. The number of nitrogens with zero attached hydrogens (tertiary/aromatic N) is 3. The zero-order valence-corrected chi connectivity index (χ0v) is 23.7. The first-order chi connectivity index (χ1) is 17.7. The van der Waals surface area contributed by atoms with Crippen molar-refractivity contribution in [2.45, 2.75) is 77.9 Å². The third-order valence-corrected chi connectivity index (χ3v) is 8.50. The lowest BCUT2D eigenvalue weighted by atomic mass is 9.89. The highest BCUT2D eigenvalue weighted by Crippen LogP contribution is 2.34. The molecule has 2 aromatic rings. The van der Waals surface area contributed by atoms with Gasteiger partial charge in [-0.25, -0.2) is 0 Å². The number of pyridine rings is 1. The first-order valence-corrected chi connectivity index (χ1v) is 14.1. The van der Waals surface area contributed by atoms with Crippen LogP contribution in [0.25, 0.3) is 0 Å². The number of hydrogen-bond donors (Lipinski definition) is 2. The fraction of sp³-hybridized carbons (Fsp3) is 0.586. The molecule has 1 aliphatic heterocycles. The minimum Gasteiger partial charge on any atom is -0.369 e. The van der Waals surface area contributed by atoms with Crippen molar-refractivity contribution < 1.29 is 4.79 Å². The molecule has 37 heavy (non-hydrogen) atoms. The fourth-order valence-corrected chi connectivity index (χ4v) is 6.23. The summed E-state index contributed by atoms with van der Waals surface area (Å²) >= 11 is 6.54. The number of carbonyl (C=O) groups excluding carboxylic acids is 1. The molecule has 0 radical (unpaired) electrons. The first-order valence-electron chi connectivity index (χ1n) is 13.7. The molecule has 1 aliphatic carbocycles. The Labute approximate surface area is 226 Å². The smallest absolute Gasteiger partial charge is 0.251 e. The first kappa shape index (κ1) is 27.5. The number of rotatable bonds is 8. The molecule has 0 unspecified atom stereocenters. The van der Waals surface area contributed by atoms with Crippen molar-refractivity contribution >= 4 is 29.0 Å². The number of nitrogens with one attached hydrogen (secondary N) is 2. The van der Waals surface area contributed by atoms with E-state index in [0.29, 0.717) is 28.2 Å². The van der Waals surface area contributed by atoms with Gasteiger partial charge in [-0.2, -0.15) is 0 Å². The van der Waals surface area contributed by atoms with E-state index in [-0.39, 0.29) is 17.9 Å². The van der Waals surface area contributed by atoms with E-state index < -0.39 is 0 Å². The van der Waals surface area contributed by atoms with Crippen molar-refractivity contribution in [3.63, 3.8) is 0 Å². The molecule has 0 spiro atoms.